The molecule has 10 nitrogen and oxygen atoms in total. The third kappa shape index (κ3) is 3.28. The highest BCUT2D eigenvalue weighted by atomic mass is 16.5. The Bertz CT molecular complexity index is 987. The molecule has 3 aromatic rings. The molecule has 3 aromatic heterocycles. The number of carbonyl (C=O) groups is 1. The van der Waals surface area contributed by atoms with Crippen LogP contribution in [0.2, 0.25) is 0 Å². The molecule has 0 N–H and O–H groups in total. The first-order chi connectivity index (χ1) is 13.6. The summed E-state index contributed by atoms with van der Waals surface area (Å²) in [7, 11) is 3.29. The summed E-state index contributed by atoms with van der Waals surface area (Å²) in [5.41, 5.74) is 0.485. The van der Waals surface area contributed by atoms with E-state index >= 15 is 0 Å². The molecular formula is C18H22N8O2. The van der Waals surface area contributed by atoms with Crippen molar-refractivity contribution in [3.05, 3.63) is 42.4 Å². The predicted octanol–water partition coefficient (Wildman–Crippen LogP) is 0.675. The highest BCUT2D eigenvalue weighted by Crippen LogP contribution is 2.20. The van der Waals surface area contributed by atoms with Crippen LogP contribution in [0.15, 0.2) is 31.0 Å². The van der Waals surface area contributed by atoms with E-state index in [-0.39, 0.29) is 5.91 Å². The number of imidazole rings is 1. The number of carbonyl (C=O) groups excluding carboxylic acids is 1. The molecule has 1 fully saturated rings. The highest BCUT2D eigenvalue weighted by Gasteiger charge is 2.26. The van der Waals surface area contributed by atoms with Crippen LogP contribution in [-0.4, -0.2) is 73.4 Å². The normalized spacial score (nSPS) is 14.4. The molecule has 10 heteroatoms. The summed E-state index contributed by atoms with van der Waals surface area (Å²) in [5, 5.41) is 4.16. The van der Waals surface area contributed by atoms with E-state index in [9.17, 15) is 4.79 Å². The van der Waals surface area contributed by atoms with E-state index in [0.717, 1.165) is 17.5 Å². The van der Waals surface area contributed by atoms with Crippen molar-refractivity contribution in [2.45, 2.75) is 6.92 Å². The molecule has 28 heavy (non-hydrogen) atoms. The van der Waals surface area contributed by atoms with Gasteiger partial charge >= 0.3 is 0 Å². The topological polar surface area (TPSA) is 94.2 Å². The fraction of sp³-hybridized carbons (Fsp3) is 0.389. The molecule has 0 atom stereocenters. The van der Waals surface area contributed by atoms with Gasteiger partial charge in [0.15, 0.2) is 0 Å². The number of methoxy groups -OCH3 is 1. The molecule has 0 radical (unpaired) electrons. The largest absolute Gasteiger partial charge is 0.479 e. The molecule has 146 valence electrons. The van der Waals surface area contributed by atoms with E-state index in [4.69, 9.17) is 4.74 Å². The lowest BCUT2D eigenvalue weighted by Crippen LogP contribution is -2.49. The average Bonchev–Trinajstić information content (AvgIpc) is 3.32. The number of piperazine rings is 1. The second-order valence-electron chi connectivity index (χ2n) is 6.58. The molecule has 1 aliphatic rings. The van der Waals surface area contributed by atoms with Crippen molar-refractivity contribution in [3.8, 4) is 11.7 Å². The van der Waals surface area contributed by atoms with E-state index in [1.807, 2.05) is 28.7 Å². The molecule has 4 heterocycles. The number of ether oxygens (including phenoxy) is 1. The van der Waals surface area contributed by atoms with Crippen molar-refractivity contribution in [3.63, 3.8) is 0 Å². The maximum absolute atomic E-state index is 12.8. The first-order valence-corrected chi connectivity index (χ1v) is 9.01. The van der Waals surface area contributed by atoms with Crippen molar-refractivity contribution in [2.24, 2.45) is 7.05 Å². The summed E-state index contributed by atoms with van der Waals surface area (Å²) >= 11 is 0. The molecule has 1 amide bonds. The van der Waals surface area contributed by atoms with E-state index in [1.54, 1.807) is 30.5 Å². The molecule has 0 spiro atoms. The molecule has 0 saturated carbocycles. The van der Waals surface area contributed by atoms with E-state index < -0.39 is 0 Å². The highest BCUT2D eigenvalue weighted by molar-refractivity contribution is 5.96. The minimum atomic E-state index is -0.0676. The van der Waals surface area contributed by atoms with Crippen molar-refractivity contribution >= 4 is 11.7 Å². The van der Waals surface area contributed by atoms with Crippen LogP contribution in [0.25, 0.3) is 5.82 Å². The lowest BCUT2D eigenvalue weighted by atomic mass is 10.2. The lowest BCUT2D eigenvalue weighted by Gasteiger charge is -2.35. The fourth-order valence-corrected chi connectivity index (χ4v) is 3.34. The number of anilines is 1. The Labute approximate surface area is 162 Å². The summed E-state index contributed by atoms with van der Waals surface area (Å²) in [6.45, 7) is 4.50. The molecule has 0 bridgehead atoms. The Morgan fingerprint density at radius 1 is 1.11 bits per heavy atom. The smallest absolute Gasteiger partial charge is 0.261 e. The van der Waals surface area contributed by atoms with Crippen LogP contribution in [0, 0.1) is 6.92 Å². The van der Waals surface area contributed by atoms with Gasteiger partial charge in [-0.25, -0.2) is 15.0 Å². The van der Waals surface area contributed by atoms with Crippen molar-refractivity contribution in [1.29, 1.82) is 0 Å². The quantitative estimate of drug-likeness (QED) is 0.655. The molecule has 4 rings (SSSR count). The summed E-state index contributed by atoms with van der Waals surface area (Å²) in [6, 6.07) is 1.94. The van der Waals surface area contributed by atoms with Gasteiger partial charge in [-0.1, -0.05) is 0 Å². The zero-order chi connectivity index (χ0) is 19.7. The summed E-state index contributed by atoms with van der Waals surface area (Å²) < 4.78 is 8.71. The van der Waals surface area contributed by atoms with Gasteiger partial charge in [-0.15, -0.1) is 5.10 Å². The first-order valence-electron chi connectivity index (χ1n) is 9.01. The van der Waals surface area contributed by atoms with Crippen LogP contribution >= 0.6 is 0 Å². The summed E-state index contributed by atoms with van der Waals surface area (Å²) in [6.07, 6.45) is 6.87. The Morgan fingerprint density at radius 2 is 1.86 bits per heavy atom. The minimum Gasteiger partial charge on any atom is -0.479 e. The number of rotatable bonds is 4. The minimum absolute atomic E-state index is 0.0676. The van der Waals surface area contributed by atoms with Crippen LogP contribution in [0.3, 0.4) is 0 Å². The standard InChI is InChI=1S/C18H22N8O2/c1-13-19-4-5-26(13)16-10-15(20-12-21-16)24-6-8-25(9-7-24)18(27)14-11-23(2)22-17(14)28-3/h4-5,10-12H,6-9H2,1-3H3. The zero-order valence-corrected chi connectivity index (χ0v) is 16.1. The Kier molecular flexibility index (Phi) is 4.68. The molecule has 1 saturated heterocycles. The Hall–Kier alpha value is -3.43. The monoisotopic (exact) mass is 382 g/mol. The fourth-order valence-electron chi connectivity index (χ4n) is 3.34. The van der Waals surface area contributed by atoms with Gasteiger partial charge in [0, 0.05) is 57.9 Å². The maximum atomic E-state index is 12.8. The van der Waals surface area contributed by atoms with Crippen molar-refractivity contribution in [2.75, 3.05) is 38.2 Å². The van der Waals surface area contributed by atoms with Gasteiger partial charge in [0.2, 0.25) is 5.88 Å². The first kappa shape index (κ1) is 18.0. The molecule has 0 aliphatic carbocycles. The van der Waals surface area contributed by atoms with Crippen LogP contribution < -0.4 is 9.64 Å². The Morgan fingerprint density at radius 3 is 2.54 bits per heavy atom. The van der Waals surface area contributed by atoms with E-state index in [0.29, 0.717) is 37.6 Å². The summed E-state index contributed by atoms with van der Waals surface area (Å²) in [4.78, 5) is 29.8. The van der Waals surface area contributed by atoms with Gasteiger partial charge in [0.25, 0.3) is 5.91 Å². The van der Waals surface area contributed by atoms with Gasteiger partial charge < -0.3 is 14.5 Å². The number of hydrogen-bond acceptors (Lipinski definition) is 7. The van der Waals surface area contributed by atoms with Crippen LogP contribution in [0.5, 0.6) is 5.88 Å². The zero-order valence-electron chi connectivity index (χ0n) is 16.1. The van der Waals surface area contributed by atoms with Crippen LogP contribution in [-0.2, 0) is 7.05 Å². The predicted molar refractivity (Wildman–Crippen MR) is 102 cm³/mol. The molecule has 1 aliphatic heterocycles. The third-order valence-corrected chi connectivity index (χ3v) is 4.82. The third-order valence-electron chi connectivity index (χ3n) is 4.82. The molecular weight excluding hydrogens is 360 g/mol. The lowest BCUT2D eigenvalue weighted by molar-refractivity contribution is 0.0743. The number of hydrogen-bond donors (Lipinski definition) is 0. The molecule has 0 aromatic carbocycles. The van der Waals surface area contributed by atoms with E-state index in [2.05, 4.69) is 25.0 Å². The van der Waals surface area contributed by atoms with Gasteiger partial charge in [-0.3, -0.25) is 14.0 Å². The Balaban J connectivity index is 1.46. The van der Waals surface area contributed by atoms with Gasteiger partial charge in [0.1, 0.15) is 29.4 Å². The average molecular weight is 382 g/mol. The van der Waals surface area contributed by atoms with Gasteiger partial charge in [-0.2, -0.15) is 0 Å². The second-order valence-corrected chi connectivity index (χ2v) is 6.58. The van der Waals surface area contributed by atoms with Crippen LogP contribution in [0.4, 0.5) is 5.82 Å². The molecule has 0 unspecified atom stereocenters. The van der Waals surface area contributed by atoms with E-state index in [1.165, 1.54) is 7.11 Å². The van der Waals surface area contributed by atoms with Gasteiger partial charge in [-0.05, 0) is 6.92 Å². The number of aromatic nitrogens is 6. The second kappa shape index (κ2) is 7.29. The number of aryl methyl sites for hydroxylation is 2. The SMILES string of the molecule is COc1nn(C)cc1C(=O)N1CCN(c2cc(-n3ccnc3C)ncn2)CC1. The number of amides is 1. The number of nitrogens with zero attached hydrogens (tertiary/aromatic N) is 8. The summed E-state index contributed by atoms with van der Waals surface area (Å²) in [5.74, 6) is 2.77. The van der Waals surface area contributed by atoms with Gasteiger partial charge in [0.05, 0.1) is 7.11 Å². The van der Waals surface area contributed by atoms with Crippen LogP contribution in [0.1, 0.15) is 16.2 Å². The van der Waals surface area contributed by atoms with Crippen molar-refractivity contribution < 1.29 is 9.53 Å². The van der Waals surface area contributed by atoms with Crippen molar-refractivity contribution in [1.82, 2.24) is 34.2 Å². The maximum Gasteiger partial charge on any atom is 0.261 e.